The highest BCUT2D eigenvalue weighted by Gasteiger charge is 2.36. The molecule has 0 aliphatic carbocycles. The monoisotopic (exact) mass is 338 g/mol. The van der Waals surface area contributed by atoms with Gasteiger partial charge in [0.05, 0.1) is 11.7 Å². The van der Waals surface area contributed by atoms with Crippen LogP contribution in [0.15, 0.2) is 18.2 Å². The van der Waals surface area contributed by atoms with Crippen LogP contribution in [0.3, 0.4) is 0 Å². The summed E-state index contributed by atoms with van der Waals surface area (Å²) in [6, 6.07) is 3.14. The molecule has 7 heteroatoms. The predicted molar refractivity (Wildman–Crippen MR) is 86.0 cm³/mol. The van der Waals surface area contributed by atoms with Gasteiger partial charge in [-0.1, -0.05) is 6.07 Å². The summed E-state index contributed by atoms with van der Waals surface area (Å²) in [7, 11) is 0. The number of nitrogens with zero attached hydrogens (tertiary/aromatic N) is 1. The summed E-state index contributed by atoms with van der Waals surface area (Å²) in [6.07, 6.45) is 0.725. The number of likely N-dealkylation sites (tertiary alicyclic amines) is 1. The van der Waals surface area contributed by atoms with Gasteiger partial charge in [-0.25, -0.2) is 4.39 Å². The first kappa shape index (κ1) is 18.2. The van der Waals surface area contributed by atoms with E-state index in [-0.39, 0.29) is 29.2 Å². The van der Waals surface area contributed by atoms with Gasteiger partial charge < -0.3 is 15.6 Å². The standard InChI is InChI=1S/C17H23FN2O4/c1-10(2)24-13-5-3-4-12(18)14(13)15(17(22)23)20-8-6-11(7-9-20)16(19)21/h3-5,10-11,15H,6-9H2,1-2H3,(H2,19,21)(H,22,23). The lowest BCUT2D eigenvalue weighted by atomic mass is 9.93. The van der Waals surface area contributed by atoms with E-state index in [0.29, 0.717) is 25.9 Å². The van der Waals surface area contributed by atoms with Crippen molar-refractivity contribution in [2.75, 3.05) is 13.1 Å². The first-order valence-electron chi connectivity index (χ1n) is 8.02. The molecule has 0 spiro atoms. The normalized spacial score (nSPS) is 17.7. The van der Waals surface area contributed by atoms with Gasteiger partial charge >= 0.3 is 5.97 Å². The molecule has 3 N–H and O–H groups in total. The molecular weight excluding hydrogens is 315 g/mol. The second-order valence-corrected chi connectivity index (χ2v) is 6.27. The Hall–Kier alpha value is -2.15. The molecule has 132 valence electrons. The van der Waals surface area contributed by atoms with E-state index < -0.39 is 17.8 Å². The number of aliphatic carboxylic acids is 1. The molecule has 1 saturated heterocycles. The van der Waals surface area contributed by atoms with Crippen LogP contribution in [0.5, 0.6) is 5.75 Å². The minimum Gasteiger partial charge on any atom is -0.491 e. The fourth-order valence-corrected chi connectivity index (χ4v) is 3.04. The van der Waals surface area contributed by atoms with Crippen molar-refractivity contribution in [1.82, 2.24) is 4.90 Å². The van der Waals surface area contributed by atoms with Crippen LogP contribution in [-0.2, 0) is 9.59 Å². The lowest BCUT2D eigenvalue weighted by Gasteiger charge is -2.35. The molecular formula is C17H23FN2O4. The van der Waals surface area contributed by atoms with Gasteiger partial charge in [0.1, 0.15) is 17.6 Å². The minimum absolute atomic E-state index is 0.0243. The number of amides is 1. The van der Waals surface area contributed by atoms with Gasteiger partial charge in [-0.2, -0.15) is 0 Å². The Morgan fingerprint density at radius 2 is 1.96 bits per heavy atom. The summed E-state index contributed by atoms with van der Waals surface area (Å²) >= 11 is 0. The molecule has 1 aliphatic rings. The second-order valence-electron chi connectivity index (χ2n) is 6.27. The van der Waals surface area contributed by atoms with E-state index in [0.717, 1.165) is 0 Å². The second kappa shape index (κ2) is 7.61. The topological polar surface area (TPSA) is 92.9 Å². The molecule has 0 bridgehead atoms. The van der Waals surface area contributed by atoms with E-state index in [1.165, 1.54) is 12.1 Å². The molecule has 1 amide bonds. The fraction of sp³-hybridized carbons (Fsp3) is 0.529. The molecule has 1 aromatic carbocycles. The summed E-state index contributed by atoms with van der Waals surface area (Å²) in [4.78, 5) is 24.8. The van der Waals surface area contributed by atoms with Gasteiger partial charge in [0.15, 0.2) is 0 Å². The maximum atomic E-state index is 14.4. The van der Waals surface area contributed by atoms with E-state index in [9.17, 15) is 19.1 Å². The van der Waals surface area contributed by atoms with E-state index in [1.807, 2.05) is 0 Å². The molecule has 1 unspecified atom stereocenters. The Bertz CT molecular complexity index is 613. The van der Waals surface area contributed by atoms with Crippen LogP contribution in [0.4, 0.5) is 4.39 Å². The highest BCUT2D eigenvalue weighted by molar-refractivity contribution is 5.78. The van der Waals surface area contributed by atoms with Gasteiger partial charge in [0.25, 0.3) is 0 Å². The molecule has 0 radical (unpaired) electrons. The van der Waals surface area contributed by atoms with Crippen LogP contribution in [0.25, 0.3) is 0 Å². The van der Waals surface area contributed by atoms with E-state index >= 15 is 0 Å². The zero-order chi connectivity index (χ0) is 17.9. The molecule has 2 rings (SSSR count). The van der Waals surface area contributed by atoms with E-state index in [2.05, 4.69) is 0 Å². The SMILES string of the molecule is CC(C)Oc1cccc(F)c1C(C(=O)O)N1CCC(C(N)=O)CC1. The smallest absolute Gasteiger partial charge is 0.325 e. The number of ether oxygens (including phenoxy) is 1. The number of benzene rings is 1. The fourth-order valence-electron chi connectivity index (χ4n) is 3.04. The molecule has 24 heavy (non-hydrogen) atoms. The minimum atomic E-state index is -1.16. The molecule has 0 aromatic heterocycles. The van der Waals surface area contributed by atoms with Crippen molar-refractivity contribution in [1.29, 1.82) is 0 Å². The first-order valence-corrected chi connectivity index (χ1v) is 8.02. The van der Waals surface area contributed by atoms with Crippen molar-refractivity contribution < 1.29 is 23.8 Å². The highest BCUT2D eigenvalue weighted by atomic mass is 19.1. The van der Waals surface area contributed by atoms with Crippen molar-refractivity contribution in [2.24, 2.45) is 11.7 Å². The molecule has 1 aromatic rings. The Morgan fingerprint density at radius 1 is 1.33 bits per heavy atom. The number of piperidine rings is 1. The van der Waals surface area contributed by atoms with E-state index in [4.69, 9.17) is 10.5 Å². The molecule has 6 nitrogen and oxygen atoms in total. The van der Waals surface area contributed by atoms with Gasteiger partial charge in [0.2, 0.25) is 5.91 Å². The largest absolute Gasteiger partial charge is 0.491 e. The van der Waals surface area contributed by atoms with Gasteiger partial charge in [0, 0.05) is 19.0 Å². The average Bonchev–Trinajstić information content (AvgIpc) is 2.50. The average molecular weight is 338 g/mol. The van der Waals surface area contributed by atoms with Crippen LogP contribution in [0.2, 0.25) is 0 Å². The third-order valence-electron chi connectivity index (χ3n) is 4.18. The van der Waals surface area contributed by atoms with Gasteiger partial charge in [-0.15, -0.1) is 0 Å². The lowest BCUT2D eigenvalue weighted by molar-refractivity contribution is -0.144. The number of hydrogen-bond acceptors (Lipinski definition) is 4. The third kappa shape index (κ3) is 4.03. The van der Waals surface area contributed by atoms with Crippen molar-refractivity contribution in [3.8, 4) is 5.75 Å². The Morgan fingerprint density at radius 3 is 2.46 bits per heavy atom. The summed E-state index contributed by atoms with van der Waals surface area (Å²) in [5.41, 5.74) is 5.33. The quantitative estimate of drug-likeness (QED) is 0.827. The van der Waals surface area contributed by atoms with Crippen LogP contribution in [0.1, 0.15) is 38.3 Å². The number of carboxylic acids is 1. The highest BCUT2D eigenvalue weighted by Crippen LogP contribution is 2.35. The van der Waals surface area contributed by atoms with Crippen molar-refractivity contribution >= 4 is 11.9 Å². The molecule has 1 fully saturated rings. The number of carbonyl (C=O) groups is 2. The number of carbonyl (C=O) groups excluding carboxylic acids is 1. The Kier molecular flexibility index (Phi) is 5.77. The zero-order valence-electron chi connectivity index (χ0n) is 13.9. The number of nitrogens with two attached hydrogens (primary N) is 1. The summed E-state index contributed by atoms with van der Waals surface area (Å²) < 4.78 is 20.0. The Balaban J connectivity index is 2.32. The maximum absolute atomic E-state index is 14.4. The van der Waals surface area contributed by atoms with Gasteiger partial charge in [-0.3, -0.25) is 14.5 Å². The van der Waals surface area contributed by atoms with Crippen LogP contribution >= 0.6 is 0 Å². The number of hydrogen-bond donors (Lipinski definition) is 2. The van der Waals surface area contributed by atoms with Crippen LogP contribution in [0, 0.1) is 11.7 Å². The van der Waals surface area contributed by atoms with E-state index in [1.54, 1.807) is 24.8 Å². The first-order chi connectivity index (χ1) is 11.3. The Labute approximate surface area is 140 Å². The summed E-state index contributed by atoms with van der Waals surface area (Å²) in [6.45, 7) is 4.31. The molecule has 1 heterocycles. The predicted octanol–water partition coefficient (Wildman–Crippen LogP) is 1.94. The lowest BCUT2D eigenvalue weighted by Crippen LogP contribution is -2.43. The number of carboxylic acid groups (broad SMARTS) is 1. The maximum Gasteiger partial charge on any atom is 0.325 e. The van der Waals surface area contributed by atoms with Crippen molar-refractivity contribution in [3.05, 3.63) is 29.6 Å². The molecule has 0 saturated carbocycles. The zero-order valence-corrected chi connectivity index (χ0v) is 13.9. The van der Waals surface area contributed by atoms with Crippen LogP contribution < -0.4 is 10.5 Å². The number of primary amides is 1. The number of halogens is 1. The molecule has 1 aliphatic heterocycles. The van der Waals surface area contributed by atoms with Crippen LogP contribution in [-0.4, -0.2) is 41.1 Å². The van der Waals surface area contributed by atoms with Crippen molar-refractivity contribution in [3.63, 3.8) is 0 Å². The van der Waals surface area contributed by atoms with Gasteiger partial charge in [-0.05, 0) is 38.8 Å². The summed E-state index contributed by atoms with van der Waals surface area (Å²) in [5.74, 6) is -2.17. The third-order valence-corrected chi connectivity index (χ3v) is 4.18. The van der Waals surface area contributed by atoms with Crippen molar-refractivity contribution in [2.45, 2.75) is 38.8 Å². The number of rotatable bonds is 6. The summed E-state index contributed by atoms with van der Waals surface area (Å²) in [5, 5.41) is 9.68. The molecule has 1 atom stereocenters.